The van der Waals surface area contributed by atoms with Crippen LogP contribution in [-0.4, -0.2) is 0 Å². The van der Waals surface area contributed by atoms with Crippen molar-refractivity contribution >= 4 is 11.3 Å². The van der Waals surface area contributed by atoms with Crippen LogP contribution in [0.25, 0.3) is 0 Å². The fraction of sp³-hybridized carbons (Fsp3) is 0.333. The fourth-order valence-electron chi connectivity index (χ4n) is 1.89. The Kier molecular flexibility index (Phi) is 3.97. The SMILES string of the molecule is Cc1cccc(C(C)NCc2ccc(C)s2)c1. The Bertz CT molecular complexity index is 487. The van der Waals surface area contributed by atoms with Gasteiger partial charge in [-0.25, -0.2) is 0 Å². The first kappa shape index (κ1) is 12.3. The summed E-state index contributed by atoms with van der Waals surface area (Å²) in [6.45, 7) is 7.46. The summed E-state index contributed by atoms with van der Waals surface area (Å²) >= 11 is 1.87. The molecule has 0 aliphatic rings. The van der Waals surface area contributed by atoms with E-state index in [2.05, 4.69) is 62.5 Å². The third kappa shape index (κ3) is 3.42. The molecule has 1 N–H and O–H groups in total. The second kappa shape index (κ2) is 5.48. The minimum absolute atomic E-state index is 0.400. The lowest BCUT2D eigenvalue weighted by Crippen LogP contribution is -2.17. The Morgan fingerprint density at radius 2 is 2.00 bits per heavy atom. The number of rotatable bonds is 4. The zero-order chi connectivity index (χ0) is 12.3. The number of hydrogen-bond donors (Lipinski definition) is 1. The molecule has 1 aromatic carbocycles. The molecule has 17 heavy (non-hydrogen) atoms. The first-order chi connectivity index (χ1) is 8.15. The zero-order valence-electron chi connectivity index (χ0n) is 10.7. The van der Waals surface area contributed by atoms with Crippen LogP contribution in [0.4, 0.5) is 0 Å². The van der Waals surface area contributed by atoms with Crippen LogP contribution >= 0.6 is 11.3 Å². The Morgan fingerprint density at radius 1 is 1.18 bits per heavy atom. The van der Waals surface area contributed by atoms with Gasteiger partial charge in [-0.05, 0) is 38.5 Å². The van der Waals surface area contributed by atoms with Crippen LogP contribution in [0.2, 0.25) is 0 Å². The summed E-state index contributed by atoms with van der Waals surface area (Å²) in [5, 5.41) is 3.57. The highest BCUT2D eigenvalue weighted by Gasteiger charge is 2.05. The first-order valence-corrected chi connectivity index (χ1v) is 6.82. The van der Waals surface area contributed by atoms with Crippen molar-refractivity contribution in [2.45, 2.75) is 33.4 Å². The van der Waals surface area contributed by atoms with Crippen molar-refractivity contribution in [1.82, 2.24) is 5.32 Å². The predicted octanol–water partition coefficient (Wildman–Crippen LogP) is 4.22. The third-order valence-electron chi connectivity index (χ3n) is 2.92. The summed E-state index contributed by atoms with van der Waals surface area (Å²) in [7, 11) is 0. The lowest BCUT2D eigenvalue weighted by molar-refractivity contribution is 0.578. The van der Waals surface area contributed by atoms with Gasteiger partial charge in [0.1, 0.15) is 0 Å². The van der Waals surface area contributed by atoms with E-state index >= 15 is 0 Å². The monoisotopic (exact) mass is 245 g/mol. The average molecular weight is 245 g/mol. The molecule has 1 unspecified atom stereocenters. The summed E-state index contributed by atoms with van der Waals surface area (Å²) in [6.07, 6.45) is 0. The average Bonchev–Trinajstić information content (AvgIpc) is 2.72. The minimum Gasteiger partial charge on any atom is -0.305 e. The molecule has 0 saturated heterocycles. The molecule has 0 aliphatic heterocycles. The van der Waals surface area contributed by atoms with Gasteiger partial charge in [-0.3, -0.25) is 0 Å². The highest BCUT2D eigenvalue weighted by atomic mass is 32.1. The maximum Gasteiger partial charge on any atom is 0.0305 e. The Hall–Kier alpha value is -1.12. The lowest BCUT2D eigenvalue weighted by Gasteiger charge is -2.14. The summed E-state index contributed by atoms with van der Waals surface area (Å²) in [5.41, 5.74) is 2.68. The number of hydrogen-bond acceptors (Lipinski definition) is 2. The van der Waals surface area contributed by atoms with Crippen LogP contribution < -0.4 is 5.32 Å². The van der Waals surface area contributed by atoms with Crippen molar-refractivity contribution in [2.24, 2.45) is 0 Å². The highest BCUT2D eigenvalue weighted by Crippen LogP contribution is 2.18. The zero-order valence-corrected chi connectivity index (χ0v) is 11.5. The number of thiophene rings is 1. The van der Waals surface area contributed by atoms with E-state index in [9.17, 15) is 0 Å². The summed E-state index contributed by atoms with van der Waals surface area (Å²) in [4.78, 5) is 2.78. The number of nitrogens with one attached hydrogen (secondary N) is 1. The van der Waals surface area contributed by atoms with Gasteiger partial charge in [0, 0.05) is 22.3 Å². The van der Waals surface area contributed by atoms with E-state index in [4.69, 9.17) is 0 Å². The highest BCUT2D eigenvalue weighted by molar-refractivity contribution is 7.11. The second-order valence-corrected chi connectivity index (χ2v) is 5.90. The van der Waals surface area contributed by atoms with E-state index in [1.54, 1.807) is 0 Å². The summed E-state index contributed by atoms with van der Waals surface area (Å²) in [5.74, 6) is 0. The quantitative estimate of drug-likeness (QED) is 0.850. The molecule has 2 aromatic rings. The number of benzene rings is 1. The van der Waals surface area contributed by atoms with Gasteiger partial charge in [-0.15, -0.1) is 11.3 Å². The van der Waals surface area contributed by atoms with Crippen LogP contribution in [0, 0.1) is 13.8 Å². The molecule has 1 nitrogen and oxygen atoms in total. The van der Waals surface area contributed by atoms with Crippen molar-refractivity contribution in [1.29, 1.82) is 0 Å². The van der Waals surface area contributed by atoms with Gasteiger partial charge in [0.05, 0.1) is 0 Å². The summed E-state index contributed by atoms with van der Waals surface area (Å²) < 4.78 is 0. The molecule has 0 radical (unpaired) electrons. The molecule has 1 atom stereocenters. The molecule has 2 rings (SSSR count). The topological polar surface area (TPSA) is 12.0 Å². The second-order valence-electron chi connectivity index (χ2n) is 4.53. The van der Waals surface area contributed by atoms with Crippen LogP contribution in [0.15, 0.2) is 36.4 Å². The lowest BCUT2D eigenvalue weighted by atomic mass is 10.1. The van der Waals surface area contributed by atoms with Crippen molar-refractivity contribution in [3.63, 3.8) is 0 Å². The Morgan fingerprint density at radius 3 is 2.65 bits per heavy atom. The molecule has 90 valence electrons. The Labute approximate surface area is 108 Å². The molecule has 0 aliphatic carbocycles. The molecule has 0 spiro atoms. The molecule has 1 aromatic heterocycles. The number of aryl methyl sites for hydroxylation is 2. The molecular weight excluding hydrogens is 226 g/mol. The van der Waals surface area contributed by atoms with E-state index in [-0.39, 0.29) is 0 Å². The van der Waals surface area contributed by atoms with E-state index < -0.39 is 0 Å². The molecular formula is C15H19NS. The largest absolute Gasteiger partial charge is 0.305 e. The summed E-state index contributed by atoms with van der Waals surface area (Å²) in [6, 6.07) is 13.5. The van der Waals surface area contributed by atoms with E-state index in [1.807, 2.05) is 11.3 Å². The smallest absolute Gasteiger partial charge is 0.0305 e. The normalized spacial score (nSPS) is 12.6. The van der Waals surface area contributed by atoms with E-state index in [0.29, 0.717) is 6.04 Å². The molecule has 0 fully saturated rings. The van der Waals surface area contributed by atoms with Crippen molar-refractivity contribution in [3.05, 3.63) is 57.3 Å². The van der Waals surface area contributed by atoms with Gasteiger partial charge in [0.15, 0.2) is 0 Å². The van der Waals surface area contributed by atoms with E-state index in [1.165, 1.54) is 20.9 Å². The van der Waals surface area contributed by atoms with Crippen LogP contribution in [0.1, 0.15) is 33.8 Å². The molecule has 1 heterocycles. The van der Waals surface area contributed by atoms with Crippen LogP contribution in [0.3, 0.4) is 0 Å². The van der Waals surface area contributed by atoms with Crippen LogP contribution in [-0.2, 0) is 6.54 Å². The maximum absolute atomic E-state index is 3.57. The molecule has 0 saturated carbocycles. The van der Waals surface area contributed by atoms with Crippen LogP contribution in [0.5, 0.6) is 0 Å². The van der Waals surface area contributed by atoms with Gasteiger partial charge in [0.25, 0.3) is 0 Å². The Balaban J connectivity index is 1.95. The van der Waals surface area contributed by atoms with Gasteiger partial charge >= 0.3 is 0 Å². The third-order valence-corrected chi connectivity index (χ3v) is 3.92. The maximum atomic E-state index is 3.57. The van der Waals surface area contributed by atoms with Gasteiger partial charge in [-0.2, -0.15) is 0 Å². The van der Waals surface area contributed by atoms with Gasteiger partial charge in [0.2, 0.25) is 0 Å². The van der Waals surface area contributed by atoms with Crippen molar-refractivity contribution in [2.75, 3.05) is 0 Å². The van der Waals surface area contributed by atoms with Gasteiger partial charge < -0.3 is 5.32 Å². The van der Waals surface area contributed by atoms with Gasteiger partial charge in [-0.1, -0.05) is 29.8 Å². The van der Waals surface area contributed by atoms with Crippen molar-refractivity contribution in [3.8, 4) is 0 Å². The minimum atomic E-state index is 0.400. The standard InChI is InChI=1S/C15H19NS/c1-11-5-4-6-14(9-11)13(3)16-10-15-8-7-12(2)17-15/h4-9,13,16H,10H2,1-3H3. The van der Waals surface area contributed by atoms with Crippen molar-refractivity contribution < 1.29 is 0 Å². The molecule has 0 bridgehead atoms. The molecule has 2 heteroatoms. The molecule has 0 amide bonds. The predicted molar refractivity (Wildman–Crippen MR) is 75.5 cm³/mol. The fourth-order valence-corrected chi connectivity index (χ4v) is 2.73. The first-order valence-electron chi connectivity index (χ1n) is 6.00. The van der Waals surface area contributed by atoms with E-state index in [0.717, 1.165) is 6.54 Å².